The molecule has 0 spiro atoms. The standard InChI is InChI=1S/C12H18O2/c1-4-5-6-7-8-9-10-12(13)14-11(2)3/h4-6,8-9,11H,1,7,10H2,2-3H3/b6-5-,9-8-. The molecule has 0 rings (SSSR count). The Bertz CT molecular complexity index is 224. The Morgan fingerprint density at radius 3 is 2.64 bits per heavy atom. The lowest BCUT2D eigenvalue weighted by atomic mass is 10.3. The minimum Gasteiger partial charge on any atom is -0.463 e. The van der Waals surface area contributed by atoms with Crippen LogP contribution in [0.5, 0.6) is 0 Å². The molecule has 0 atom stereocenters. The third kappa shape index (κ3) is 8.78. The predicted molar refractivity (Wildman–Crippen MR) is 58.9 cm³/mol. The van der Waals surface area contributed by atoms with E-state index in [9.17, 15) is 4.79 Å². The van der Waals surface area contributed by atoms with Crippen molar-refractivity contribution in [3.63, 3.8) is 0 Å². The highest BCUT2D eigenvalue weighted by Crippen LogP contribution is 1.95. The molecule has 0 aliphatic rings. The van der Waals surface area contributed by atoms with Gasteiger partial charge in [-0.3, -0.25) is 4.79 Å². The minimum absolute atomic E-state index is 0.0310. The van der Waals surface area contributed by atoms with Crippen LogP contribution in [0.15, 0.2) is 37.0 Å². The summed E-state index contributed by atoms with van der Waals surface area (Å²) in [7, 11) is 0. The molecule has 0 fully saturated rings. The number of carbonyl (C=O) groups excluding carboxylic acids is 1. The van der Waals surface area contributed by atoms with Gasteiger partial charge in [-0.15, -0.1) is 0 Å². The van der Waals surface area contributed by atoms with Crippen LogP contribution in [0.3, 0.4) is 0 Å². The van der Waals surface area contributed by atoms with E-state index in [4.69, 9.17) is 4.74 Å². The van der Waals surface area contributed by atoms with Crippen molar-refractivity contribution in [1.82, 2.24) is 0 Å². The van der Waals surface area contributed by atoms with E-state index in [0.29, 0.717) is 6.42 Å². The fourth-order valence-corrected chi connectivity index (χ4v) is 0.840. The van der Waals surface area contributed by atoms with E-state index in [1.165, 1.54) is 0 Å². The van der Waals surface area contributed by atoms with Crippen LogP contribution >= 0.6 is 0 Å². The van der Waals surface area contributed by atoms with E-state index in [0.717, 1.165) is 6.42 Å². The largest absolute Gasteiger partial charge is 0.463 e. The average molecular weight is 194 g/mol. The summed E-state index contributed by atoms with van der Waals surface area (Å²) in [5, 5.41) is 0. The maximum atomic E-state index is 11.0. The van der Waals surface area contributed by atoms with E-state index in [2.05, 4.69) is 6.58 Å². The summed E-state index contributed by atoms with van der Waals surface area (Å²) in [5.41, 5.74) is 0. The van der Waals surface area contributed by atoms with Gasteiger partial charge in [0.1, 0.15) is 0 Å². The molecule has 2 heteroatoms. The predicted octanol–water partition coefficient (Wildman–Crippen LogP) is 3.02. The molecule has 0 radical (unpaired) electrons. The average Bonchev–Trinajstić information content (AvgIpc) is 2.10. The molecule has 0 saturated heterocycles. The lowest BCUT2D eigenvalue weighted by Gasteiger charge is -2.05. The number of hydrogen-bond donors (Lipinski definition) is 0. The van der Waals surface area contributed by atoms with E-state index in [1.807, 2.05) is 38.2 Å². The van der Waals surface area contributed by atoms with Gasteiger partial charge in [-0.05, 0) is 20.3 Å². The molecule has 0 aliphatic heterocycles. The summed E-state index contributed by atoms with van der Waals surface area (Å²) in [6.45, 7) is 7.24. The summed E-state index contributed by atoms with van der Waals surface area (Å²) < 4.78 is 4.95. The quantitative estimate of drug-likeness (QED) is 0.369. The molecule has 0 aromatic heterocycles. The fraction of sp³-hybridized carbons (Fsp3) is 0.417. The van der Waals surface area contributed by atoms with Crippen LogP contribution in [0.1, 0.15) is 26.7 Å². The summed E-state index contributed by atoms with van der Waals surface area (Å²) in [6.07, 6.45) is 10.5. The van der Waals surface area contributed by atoms with Crippen molar-refractivity contribution in [3.8, 4) is 0 Å². The number of carbonyl (C=O) groups is 1. The molecular weight excluding hydrogens is 176 g/mol. The highest BCUT2D eigenvalue weighted by molar-refractivity contribution is 5.71. The maximum Gasteiger partial charge on any atom is 0.309 e. The number of ether oxygens (including phenoxy) is 1. The van der Waals surface area contributed by atoms with Gasteiger partial charge in [-0.25, -0.2) is 0 Å². The van der Waals surface area contributed by atoms with Crippen molar-refractivity contribution in [2.45, 2.75) is 32.8 Å². The Labute approximate surface area is 86.0 Å². The van der Waals surface area contributed by atoms with Gasteiger partial charge in [-0.1, -0.05) is 37.0 Å². The molecule has 0 saturated carbocycles. The third-order valence-corrected chi connectivity index (χ3v) is 1.36. The van der Waals surface area contributed by atoms with Gasteiger partial charge in [0.25, 0.3) is 0 Å². The van der Waals surface area contributed by atoms with Gasteiger partial charge in [0, 0.05) is 0 Å². The Morgan fingerprint density at radius 1 is 1.36 bits per heavy atom. The molecule has 0 N–H and O–H groups in total. The Kier molecular flexibility index (Phi) is 7.52. The van der Waals surface area contributed by atoms with Crippen molar-refractivity contribution in [2.75, 3.05) is 0 Å². The molecule has 0 aromatic rings. The van der Waals surface area contributed by atoms with Crippen LogP contribution in [0.4, 0.5) is 0 Å². The van der Waals surface area contributed by atoms with E-state index >= 15 is 0 Å². The first-order valence-corrected chi connectivity index (χ1v) is 4.79. The van der Waals surface area contributed by atoms with Gasteiger partial charge in [-0.2, -0.15) is 0 Å². The molecular formula is C12H18O2. The zero-order chi connectivity index (χ0) is 10.8. The van der Waals surface area contributed by atoms with Crippen LogP contribution in [0, 0.1) is 0 Å². The zero-order valence-corrected chi connectivity index (χ0v) is 8.90. The van der Waals surface area contributed by atoms with Gasteiger partial charge in [0.05, 0.1) is 12.5 Å². The lowest BCUT2D eigenvalue weighted by molar-refractivity contribution is -0.146. The second kappa shape index (κ2) is 8.30. The maximum absolute atomic E-state index is 11.0. The summed E-state index contributed by atoms with van der Waals surface area (Å²) >= 11 is 0. The van der Waals surface area contributed by atoms with Gasteiger partial charge >= 0.3 is 5.97 Å². The minimum atomic E-state index is -0.177. The van der Waals surface area contributed by atoms with Gasteiger partial charge in [0.15, 0.2) is 0 Å². The summed E-state index contributed by atoms with van der Waals surface area (Å²) in [6, 6.07) is 0. The lowest BCUT2D eigenvalue weighted by Crippen LogP contribution is -2.09. The van der Waals surface area contributed by atoms with E-state index in [-0.39, 0.29) is 12.1 Å². The Morgan fingerprint density at radius 2 is 2.07 bits per heavy atom. The first kappa shape index (κ1) is 12.7. The van der Waals surface area contributed by atoms with E-state index in [1.54, 1.807) is 6.08 Å². The topological polar surface area (TPSA) is 26.3 Å². The number of esters is 1. The SMILES string of the molecule is C=C/C=C\C/C=C\CC(=O)OC(C)C. The van der Waals surface area contributed by atoms with Gasteiger partial charge in [0.2, 0.25) is 0 Å². The monoisotopic (exact) mass is 194 g/mol. The summed E-state index contributed by atoms with van der Waals surface area (Å²) in [5.74, 6) is -0.177. The van der Waals surface area contributed by atoms with E-state index < -0.39 is 0 Å². The first-order chi connectivity index (χ1) is 6.66. The number of hydrogen-bond acceptors (Lipinski definition) is 2. The Hall–Kier alpha value is -1.31. The zero-order valence-electron chi connectivity index (χ0n) is 8.90. The van der Waals surface area contributed by atoms with Crippen molar-refractivity contribution < 1.29 is 9.53 Å². The van der Waals surface area contributed by atoms with Crippen LogP contribution in [-0.4, -0.2) is 12.1 Å². The molecule has 0 aromatic carbocycles. The second-order valence-corrected chi connectivity index (χ2v) is 3.11. The third-order valence-electron chi connectivity index (χ3n) is 1.36. The fourth-order valence-electron chi connectivity index (χ4n) is 0.840. The molecule has 0 amide bonds. The molecule has 0 unspecified atom stereocenters. The van der Waals surface area contributed by atoms with Crippen molar-refractivity contribution in [2.24, 2.45) is 0 Å². The smallest absolute Gasteiger partial charge is 0.309 e. The molecule has 0 bridgehead atoms. The van der Waals surface area contributed by atoms with Crippen LogP contribution in [-0.2, 0) is 9.53 Å². The molecule has 2 nitrogen and oxygen atoms in total. The molecule has 78 valence electrons. The normalized spacial score (nSPS) is 11.4. The second-order valence-electron chi connectivity index (χ2n) is 3.11. The highest BCUT2D eigenvalue weighted by atomic mass is 16.5. The molecule has 0 heterocycles. The van der Waals surface area contributed by atoms with Crippen LogP contribution in [0.2, 0.25) is 0 Å². The van der Waals surface area contributed by atoms with Crippen molar-refractivity contribution >= 4 is 5.97 Å². The van der Waals surface area contributed by atoms with Crippen molar-refractivity contribution in [3.05, 3.63) is 37.0 Å². The number of rotatable bonds is 6. The first-order valence-electron chi connectivity index (χ1n) is 4.79. The molecule has 14 heavy (non-hydrogen) atoms. The van der Waals surface area contributed by atoms with Crippen LogP contribution in [0.25, 0.3) is 0 Å². The number of allylic oxidation sites excluding steroid dienone is 4. The van der Waals surface area contributed by atoms with Crippen LogP contribution < -0.4 is 0 Å². The molecule has 0 aliphatic carbocycles. The highest BCUT2D eigenvalue weighted by Gasteiger charge is 2.00. The van der Waals surface area contributed by atoms with Crippen molar-refractivity contribution in [1.29, 1.82) is 0 Å². The summed E-state index contributed by atoms with van der Waals surface area (Å²) in [4.78, 5) is 11.0. The van der Waals surface area contributed by atoms with Gasteiger partial charge < -0.3 is 4.74 Å². The Balaban J connectivity index is 3.55.